The van der Waals surface area contributed by atoms with Gasteiger partial charge >= 0.3 is 0 Å². The van der Waals surface area contributed by atoms with E-state index in [1.165, 1.54) is 11.1 Å². The Balaban J connectivity index is 1.73. The van der Waals surface area contributed by atoms with Crippen LogP contribution in [0.3, 0.4) is 0 Å². The molecule has 0 bridgehead atoms. The molecule has 2 nitrogen and oxygen atoms in total. The van der Waals surface area contributed by atoms with Gasteiger partial charge in [-0.05, 0) is 66.2 Å². The predicted octanol–water partition coefficient (Wildman–Crippen LogP) is 3.56. The molecule has 1 aromatic carbocycles. The fourth-order valence-corrected chi connectivity index (χ4v) is 5.55. The van der Waals surface area contributed by atoms with Crippen LogP contribution in [-0.2, 0) is 6.42 Å². The Hall–Kier alpha value is -1.09. The van der Waals surface area contributed by atoms with Crippen molar-refractivity contribution in [1.82, 2.24) is 0 Å². The number of aryl methyl sites for hydroxylation is 1. The lowest BCUT2D eigenvalue weighted by Gasteiger charge is -2.50. The van der Waals surface area contributed by atoms with Crippen LogP contribution in [-0.4, -0.2) is 22.5 Å². The average molecular weight is 290 g/mol. The summed E-state index contributed by atoms with van der Waals surface area (Å²) in [4.78, 5) is 0. The molecule has 0 aliphatic heterocycles. The lowest BCUT2D eigenvalue weighted by molar-refractivity contribution is -0.0328. The molecule has 0 radical (unpaired) electrons. The maximum absolute atomic E-state index is 14.6. The summed E-state index contributed by atoms with van der Waals surface area (Å²) in [5, 5.41) is 20.0. The third kappa shape index (κ3) is 1.79. The van der Waals surface area contributed by atoms with Crippen molar-refractivity contribution in [3.63, 3.8) is 0 Å². The summed E-state index contributed by atoms with van der Waals surface area (Å²) < 4.78 is 14.6. The first-order valence-corrected chi connectivity index (χ1v) is 8.14. The smallest absolute Gasteiger partial charge is 0.115 e. The van der Waals surface area contributed by atoms with Crippen molar-refractivity contribution in [2.24, 2.45) is 17.3 Å². The Bertz CT molecular complexity index is 572. The van der Waals surface area contributed by atoms with E-state index in [0.29, 0.717) is 24.0 Å². The first kappa shape index (κ1) is 13.6. The number of rotatable bonds is 0. The van der Waals surface area contributed by atoms with Crippen LogP contribution in [0.15, 0.2) is 18.2 Å². The molecule has 3 heteroatoms. The van der Waals surface area contributed by atoms with Gasteiger partial charge in [0.1, 0.15) is 11.9 Å². The zero-order valence-corrected chi connectivity index (χ0v) is 12.4. The van der Waals surface area contributed by atoms with E-state index >= 15 is 0 Å². The summed E-state index contributed by atoms with van der Waals surface area (Å²) in [7, 11) is 0. The van der Waals surface area contributed by atoms with Crippen LogP contribution >= 0.6 is 0 Å². The largest absolute Gasteiger partial charge is 0.508 e. The van der Waals surface area contributed by atoms with Gasteiger partial charge in [0.05, 0.1) is 6.10 Å². The fraction of sp³-hybridized carbons (Fsp3) is 0.667. The summed E-state index contributed by atoms with van der Waals surface area (Å²) >= 11 is 0. The van der Waals surface area contributed by atoms with Gasteiger partial charge in [-0.2, -0.15) is 0 Å². The van der Waals surface area contributed by atoms with Crippen molar-refractivity contribution in [1.29, 1.82) is 0 Å². The second kappa shape index (κ2) is 4.45. The predicted molar refractivity (Wildman–Crippen MR) is 79.0 cm³/mol. The highest BCUT2D eigenvalue weighted by Gasteiger charge is 2.58. The van der Waals surface area contributed by atoms with Crippen LogP contribution in [0, 0.1) is 17.3 Å². The molecule has 0 heterocycles. The fourth-order valence-electron chi connectivity index (χ4n) is 5.55. The van der Waals surface area contributed by atoms with Gasteiger partial charge in [-0.1, -0.05) is 13.0 Å². The highest BCUT2D eigenvalue weighted by molar-refractivity contribution is 5.40. The minimum atomic E-state index is -0.864. The third-order valence-electron chi connectivity index (χ3n) is 6.61. The SMILES string of the molecule is C[C@]12CC[C@@H]3c4ccc(O)cc4CC[C@H]3[C@@H]1C(F)CC2O. The van der Waals surface area contributed by atoms with Gasteiger partial charge in [-0.3, -0.25) is 0 Å². The van der Waals surface area contributed by atoms with Crippen molar-refractivity contribution in [2.75, 3.05) is 0 Å². The minimum Gasteiger partial charge on any atom is -0.508 e. The zero-order chi connectivity index (χ0) is 14.8. The number of phenols is 1. The standard InChI is InChI=1S/C18H23FO2/c1-18-7-6-13-12-5-3-11(20)8-10(12)2-4-14(13)17(18)15(19)9-16(18)21/h3,5,8,13-17,20-21H,2,4,6-7,9H2,1H3/t13-,14-,15?,16?,17-,18-/m1/s1. The maximum Gasteiger partial charge on any atom is 0.115 e. The van der Waals surface area contributed by atoms with Crippen molar-refractivity contribution in [3.8, 4) is 5.75 Å². The third-order valence-corrected chi connectivity index (χ3v) is 6.61. The van der Waals surface area contributed by atoms with Crippen LogP contribution in [0.1, 0.15) is 49.7 Å². The quantitative estimate of drug-likeness (QED) is 0.767. The molecular weight excluding hydrogens is 267 g/mol. The van der Waals surface area contributed by atoms with Crippen LogP contribution in [0.5, 0.6) is 5.75 Å². The number of aliphatic hydroxyl groups is 1. The van der Waals surface area contributed by atoms with Crippen LogP contribution in [0.2, 0.25) is 0 Å². The van der Waals surface area contributed by atoms with Crippen molar-refractivity contribution in [3.05, 3.63) is 29.3 Å². The lowest BCUT2D eigenvalue weighted by atomic mass is 9.55. The number of halogens is 1. The van der Waals surface area contributed by atoms with Gasteiger partial charge in [0.25, 0.3) is 0 Å². The molecule has 2 N–H and O–H groups in total. The van der Waals surface area contributed by atoms with E-state index in [4.69, 9.17) is 0 Å². The molecule has 2 saturated carbocycles. The normalized spacial score (nSPS) is 44.8. The first-order valence-electron chi connectivity index (χ1n) is 8.14. The Labute approximate surface area is 125 Å². The number of hydrogen-bond acceptors (Lipinski definition) is 2. The van der Waals surface area contributed by atoms with Gasteiger partial charge in [-0.25, -0.2) is 4.39 Å². The van der Waals surface area contributed by atoms with Gasteiger partial charge in [-0.15, -0.1) is 0 Å². The number of alkyl halides is 1. The monoisotopic (exact) mass is 290 g/mol. The lowest BCUT2D eigenvalue weighted by Crippen LogP contribution is -2.45. The van der Waals surface area contributed by atoms with Crippen LogP contribution in [0.25, 0.3) is 0 Å². The highest BCUT2D eigenvalue weighted by Crippen LogP contribution is 2.61. The molecule has 0 amide bonds. The molecule has 0 saturated heterocycles. The summed E-state index contributed by atoms with van der Waals surface area (Å²) in [5.74, 6) is 1.06. The van der Waals surface area contributed by atoms with E-state index in [0.717, 1.165) is 25.7 Å². The number of benzene rings is 1. The molecule has 1 aromatic rings. The second-order valence-corrected chi connectivity index (χ2v) is 7.53. The molecule has 0 aromatic heterocycles. The molecule has 2 unspecified atom stereocenters. The molecule has 3 aliphatic carbocycles. The van der Waals surface area contributed by atoms with E-state index < -0.39 is 12.3 Å². The van der Waals surface area contributed by atoms with E-state index in [1.54, 1.807) is 6.07 Å². The van der Waals surface area contributed by atoms with Gasteiger partial charge in [0.2, 0.25) is 0 Å². The minimum absolute atomic E-state index is 0.00629. The second-order valence-electron chi connectivity index (χ2n) is 7.53. The topological polar surface area (TPSA) is 40.5 Å². The van der Waals surface area contributed by atoms with Crippen LogP contribution < -0.4 is 0 Å². The zero-order valence-electron chi connectivity index (χ0n) is 12.4. The maximum atomic E-state index is 14.6. The molecule has 21 heavy (non-hydrogen) atoms. The highest BCUT2D eigenvalue weighted by atomic mass is 19.1. The number of hydrogen-bond donors (Lipinski definition) is 2. The molecule has 4 rings (SSSR count). The van der Waals surface area contributed by atoms with E-state index in [1.807, 2.05) is 12.1 Å². The summed E-state index contributed by atoms with van der Waals surface area (Å²) in [6.45, 7) is 2.09. The summed E-state index contributed by atoms with van der Waals surface area (Å²) in [6, 6.07) is 5.66. The van der Waals surface area contributed by atoms with E-state index in [2.05, 4.69) is 6.92 Å². The van der Waals surface area contributed by atoms with E-state index in [-0.39, 0.29) is 11.3 Å². The summed E-state index contributed by atoms with van der Waals surface area (Å²) in [5.41, 5.74) is 2.29. The van der Waals surface area contributed by atoms with Crippen LogP contribution in [0.4, 0.5) is 4.39 Å². The Morgan fingerprint density at radius 2 is 2.10 bits per heavy atom. The molecule has 2 fully saturated rings. The van der Waals surface area contributed by atoms with Crippen molar-refractivity contribution >= 4 is 0 Å². The average Bonchev–Trinajstić information content (AvgIpc) is 2.68. The van der Waals surface area contributed by atoms with Gasteiger partial charge < -0.3 is 10.2 Å². The molecule has 3 aliphatic rings. The van der Waals surface area contributed by atoms with E-state index in [9.17, 15) is 14.6 Å². The first-order chi connectivity index (χ1) is 10.0. The van der Waals surface area contributed by atoms with Crippen molar-refractivity contribution < 1.29 is 14.6 Å². The van der Waals surface area contributed by atoms with Gasteiger partial charge in [0, 0.05) is 12.3 Å². The summed E-state index contributed by atoms with van der Waals surface area (Å²) in [6.07, 6.45) is 2.79. The van der Waals surface area contributed by atoms with Crippen molar-refractivity contribution in [2.45, 2.75) is 57.2 Å². The van der Waals surface area contributed by atoms with Gasteiger partial charge in [0.15, 0.2) is 0 Å². The molecule has 114 valence electrons. The number of aromatic hydroxyl groups is 1. The molecule has 6 atom stereocenters. The number of aliphatic hydroxyl groups excluding tert-OH is 1. The molecular formula is C18H23FO2. The number of phenolic OH excluding ortho intramolecular Hbond substituents is 1. The molecule has 0 spiro atoms. The Morgan fingerprint density at radius 1 is 1.29 bits per heavy atom. The number of fused-ring (bicyclic) bond motifs is 5. The Kier molecular flexibility index (Phi) is 2.88. The Morgan fingerprint density at radius 3 is 2.90 bits per heavy atom.